The zero-order valence-corrected chi connectivity index (χ0v) is 16.5. The average molecular weight is 353 g/mol. The largest absolute Gasteiger partial charge is 0.359 e. The summed E-state index contributed by atoms with van der Waals surface area (Å²) in [5, 5.41) is 9.86. The number of nitrogens with one attached hydrogen (secondary N) is 2. The van der Waals surface area contributed by atoms with Gasteiger partial charge in [-0.1, -0.05) is 13.8 Å². The van der Waals surface area contributed by atoms with Crippen molar-refractivity contribution < 1.29 is 4.79 Å². The van der Waals surface area contributed by atoms with E-state index >= 15 is 0 Å². The van der Waals surface area contributed by atoms with Crippen LogP contribution in [0.3, 0.4) is 0 Å². The third kappa shape index (κ3) is 5.18. The van der Waals surface area contributed by atoms with E-state index in [1.54, 1.807) is 11.3 Å². The van der Waals surface area contributed by atoms with Gasteiger partial charge in [-0.2, -0.15) is 0 Å². The predicted molar refractivity (Wildman–Crippen MR) is 102 cm³/mol. The first-order chi connectivity index (χ1) is 11.3. The molecule has 1 aromatic rings. The summed E-state index contributed by atoms with van der Waals surface area (Å²) < 4.78 is 0. The van der Waals surface area contributed by atoms with Crippen molar-refractivity contribution in [2.75, 3.05) is 18.4 Å². The fraction of sp³-hybridized carbons (Fsp3) is 0.778. The first kappa shape index (κ1) is 19.2. The van der Waals surface area contributed by atoms with Crippen LogP contribution in [0.2, 0.25) is 0 Å². The molecule has 1 atom stereocenters. The molecule has 5 nitrogen and oxygen atoms in total. The number of nitrogens with zero attached hydrogens (tertiary/aromatic N) is 2. The van der Waals surface area contributed by atoms with Gasteiger partial charge in [0.25, 0.3) is 0 Å². The number of aromatic nitrogens is 1. The molecular weight excluding hydrogens is 320 g/mol. The predicted octanol–water partition coefficient (Wildman–Crippen LogP) is 3.28. The number of carbonyl (C=O) groups is 1. The molecule has 1 saturated heterocycles. The van der Waals surface area contributed by atoms with Gasteiger partial charge in [0.2, 0.25) is 5.91 Å². The Morgan fingerprint density at radius 3 is 2.62 bits per heavy atom. The Balaban J connectivity index is 1.80. The molecule has 1 aliphatic heterocycles. The maximum absolute atomic E-state index is 12.4. The van der Waals surface area contributed by atoms with Gasteiger partial charge in [0.1, 0.15) is 0 Å². The van der Waals surface area contributed by atoms with Gasteiger partial charge in [-0.05, 0) is 46.5 Å². The lowest BCUT2D eigenvalue weighted by molar-refractivity contribution is -0.128. The Kier molecular flexibility index (Phi) is 6.63. The number of piperidine rings is 1. The van der Waals surface area contributed by atoms with Crippen molar-refractivity contribution in [3.8, 4) is 0 Å². The van der Waals surface area contributed by atoms with Crippen LogP contribution in [0.25, 0.3) is 0 Å². The summed E-state index contributed by atoms with van der Waals surface area (Å²) in [6.07, 6.45) is 4.02. The molecule has 136 valence electrons. The fourth-order valence-corrected chi connectivity index (χ4v) is 3.71. The van der Waals surface area contributed by atoms with Gasteiger partial charge in [0.05, 0.1) is 11.7 Å². The Labute approximate surface area is 150 Å². The third-order valence-electron chi connectivity index (χ3n) is 5.04. The zero-order valence-electron chi connectivity index (χ0n) is 15.7. The van der Waals surface area contributed by atoms with Crippen LogP contribution in [0.1, 0.15) is 59.6 Å². The number of hydrogen-bond acceptors (Lipinski definition) is 5. The second kappa shape index (κ2) is 8.30. The first-order valence-electron chi connectivity index (χ1n) is 9.11. The molecule has 1 aliphatic rings. The number of likely N-dealkylation sites (tertiary alicyclic amines) is 1. The lowest BCUT2D eigenvalue weighted by Crippen LogP contribution is -2.54. The SMILES string of the molecule is CCc1csc(NC2CCN(C(C)C(=O)NC(C)(C)CC)CC2)n1. The summed E-state index contributed by atoms with van der Waals surface area (Å²) in [4.78, 5) is 19.3. The Morgan fingerprint density at radius 2 is 2.08 bits per heavy atom. The fourth-order valence-electron chi connectivity index (χ4n) is 2.83. The summed E-state index contributed by atoms with van der Waals surface area (Å²) >= 11 is 1.69. The maximum atomic E-state index is 12.4. The summed E-state index contributed by atoms with van der Waals surface area (Å²) in [6.45, 7) is 12.3. The highest BCUT2D eigenvalue weighted by Crippen LogP contribution is 2.21. The van der Waals surface area contributed by atoms with Gasteiger partial charge in [-0.25, -0.2) is 4.98 Å². The summed E-state index contributed by atoms with van der Waals surface area (Å²) in [6, 6.07) is 0.391. The van der Waals surface area contributed by atoms with Crippen LogP contribution in [0.5, 0.6) is 0 Å². The van der Waals surface area contributed by atoms with Gasteiger partial charge in [-0.15, -0.1) is 11.3 Å². The molecule has 1 amide bonds. The molecule has 2 heterocycles. The highest BCUT2D eigenvalue weighted by molar-refractivity contribution is 7.13. The van der Waals surface area contributed by atoms with Gasteiger partial charge < -0.3 is 10.6 Å². The Morgan fingerprint density at radius 1 is 1.42 bits per heavy atom. The van der Waals surface area contributed by atoms with E-state index in [4.69, 9.17) is 0 Å². The molecule has 0 aromatic carbocycles. The molecule has 24 heavy (non-hydrogen) atoms. The molecule has 0 aliphatic carbocycles. The van der Waals surface area contributed by atoms with Crippen molar-refractivity contribution in [2.45, 2.75) is 77.9 Å². The Hall–Kier alpha value is -1.14. The number of carbonyl (C=O) groups excluding carboxylic acids is 1. The smallest absolute Gasteiger partial charge is 0.237 e. The van der Waals surface area contributed by atoms with E-state index in [0.717, 1.165) is 49.6 Å². The zero-order chi connectivity index (χ0) is 17.7. The van der Waals surface area contributed by atoms with Gasteiger partial charge >= 0.3 is 0 Å². The second-order valence-corrected chi connectivity index (χ2v) is 8.21. The highest BCUT2D eigenvalue weighted by Gasteiger charge is 2.29. The first-order valence-corrected chi connectivity index (χ1v) is 9.99. The van der Waals surface area contributed by atoms with Crippen LogP contribution in [0.15, 0.2) is 5.38 Å². The summed E-state index contributed by atoms with van der Waals surface area (Å²) in [7, 11) is 0. The molecule has 0 saturated carbocycles. The minimum Gasteiger partial charge on any atom is -0.359 e. The lowest BCUT2D eigenvalue weighted by Gasteiger charge is -2.37. The second-order valence-electron chi connectivity index (χ2n) is 7.35. The van der Waals surface area contributed by atoms with Crippen LogP contribution in [-0.2, 0) is 11.2 Å². The van der Waals surface area contributed by atoms with Crippen LogP contribution in [0, 0.1) is 0 Å². The van der Waals surface area contributed by atoms with E-state index in [0.29, 0.717) is 6.04 Å². The van der Waals surface area contributed by atoms with Gasteiger partial charge in [0.15, 0.2) is 5.13 Å². The van der Waals surface area contributed by atoms with Crippen LogP contribution in [0.4, 0.5) is 5.13 Å². The number of thiazole rings is 1. The van der Waals surface area contributed by atoms with E-state index in [1.807, 2.05) is 6.92 Å². The number of hydrogen-bond donors (Lipinski definition) is 2. The summed E-state index contributed by atoms with van der Waals surface area (Å²) in [5.74, 6) is 0.140. The van der Waals surface area contributed by atoms with Gasteiger partial charge in [-0.3, -0.25) is 9.69 Å². The standard InChI is InChI=1S/C18H32N4OS/c1-6-14-12-24-17(19-14)20-15-8-10-22(11-9-15)13(3)16(23)21-18(4,5)7-2/h12-13,15H,6-11H2,1-5H3,(H,19,20)(H,21,23). The van der Waals surface area contributed by atoms with Crippen molar-refractivity contribution in [2.24, 2.45) is 0 Å². The average Bonchev–Trinajstić information content (AvgIpc) is 3.02. The van der Waals surface area contributed by atoms with Gasteiger partial charge in [0, 0.05) is 30.1 Å². The molecule has 1 fully saturated rings. The number of aryl methyl sites for hydroxylation is 1. The minimum atomic E-state index is -0.132. The van der Waals surface area contributed by atoms with Crippen molar-refractivity contribution in [3.05, 3.63) is 11.1 Å². The number of amides is 1. The number of anilines is 1. The minimum absolute atomic E-state index is 0.0664. The molecule has 1 aromatic heterocycles. The van der Waals surface area contributed by atoms with Crippen molar-refractivity contribution in [1.82, 2.24) is 15.2 Å². The monoisotopic (exact) mass is 352 g/mol. The lowest BCUT2D eigenvalue weighted by atomic mass is 10.00. The third-order valence-corrected chi connectivity index (χ3v) is 5.87. The van der Waals surface area contributed by atoms with Crippen molar-refractivity contribution in [3.63, 3.8) is 0 Å². The molecule has 2 N–H and O–H groups in total. The molecule has 0 radical (unpaired) electrons. The molecule has 0 bridgehead atoms. The molecule has 0 spiro atoms. The van der Waals surface area contributed by atoms with E-state index < -0.39 is 0 Å². The normalized spacial score (nSPS) is 18.4. The topological polar surface area (TPSA) is 57.3 Å². The summed E-state index contributed by atoms with van der Waals surface area (Å²) in [5.41, 5.74) is 1.02. The van der Waals surface area contributed by atoms with Crippen LogP contribution < -0.4 is 10.6 Å². The van der Waals surface area contributed by atoms with E-state index in [-0.39, 0.29) is 17.5 Å². The van der Waals surface area contributed by atoms with Crippen LogP contribution >= 0.6 is 11.3 Å². The quantitative estimate of drug-likeness (QED) is 0.791. The molecule has 6 heteroatoms. The van der Waals surface area contributed by atoms with E-state index in [9.17, 15) is 4.79 Å². The Bertz CT molecular complexity index is 535. The molecular formula is C18H32N4OS. The van der Waals surface area contributed by atoms with Crippen LogP contribution in [-0.4, -0.2) is 46.5 Å². The molecule has 2 rings (SSSR count). The van der Waals surface area contributed by atoms with Crippen molar-refractivity contribution >= 4 is 22.4 Å². The van der Waals surface area contributed by atoms with E-state index in [1.165, 1.54) is 0 Å². The van der Waals surface area contributed by atoms with Crippen molar-refractivity contribution in [1.29, 1.82) is 0 Å². The molecule has 1 unspecified atom stereocenters. The van der Waals surface area contributed by atoms with E-state index in [2.05, 4.69) is 53.6 Å². The highest BCUT2D eigenvalue weighted by atomic mass is 32.1. The number of rotatable bonds is 7. The maximum Gasteiger partial charge on any atom is 0.237 e.